The van der Waals surface area contributed by atoms with E-state index >= 15 is 8.78 Å². The van der Waals surface area contributed by atoms with Gasteiger partial charge >= 0.3 is 0 Å². The van der Waals surface area contributed by atoms with Crippen LogP contribution < -0.4 is 25.4 Å². The first-order valence-corrected chi connectivity index (χ1v) is 11.1. The molecular weight excluding hydrogens is 500 g/mol. The van der Waals surface area contributed by atoms with Crippen LogP contribution in [0.4, 0.5) is 31.7 Å². The Morgan fingerprint density at radius 1 is 1.05 bits per heavy atom. The molecule has 12 heteroatoms. The molecule has 0 aliphatic heterocycles. The number of aryl methyl sites for hydroxylation is 1. The third-order valence-electron chi connectivity index (χ3n) is 5.66. The van der Waals surface area contributed by atoms with Crippen LogP contribution in [0.1, 0.15) is 21.7 Å². The van der Waals surface area contributed by atoms with Crippen LogP contribution in [-0.4, -0.2) is 42.9 Å². The topological polar surface area (TPSA) is 128 Å². The summed E-state index contributed by atoms with van der Waals surface area (Å²) in [5.41, 5.74) is 1.11. The number of benzene rings is 1. The van der Waals surface area contributed by atoms with Gasteiger partial charge in [-0.25, -0.2) is 13.8 Å². The lowest BCUT2D eigenvalue weighted by molar-refractivity contribution is -0.111. The number of aromatic nitrogens is 2. The number of carbonyl (C=O) groups is 2. The summed E-state index contributed by atoms with van der Waals surface area (Å²) in [6.45, 7) is 5.23. The molecule has 0 saturated carbocycles. The highest BCUT2D eigenvalue weighted by Crippen LogP contribution is 2.38. The average molecular weight is 523 g/mol. The molecule has 0 saturated heterocycles. The van der Waals surface area contributed by atoms with E-state index in [1.807, 2.05) is 0 Å². The van der Waals surface area contributed by atoms with Gasteiger partial charge in [0.25, 0.3) is 0 Å². The number of hydrogen-bond acceptors (Lipinski definition) is 9. The molecular formula is C26H23F2N5O5. The molecule has 0 atom stereocenters. The van der Waals surface area contributed by atoms with Crippen molar-refractivity contribution in [2.24, 2.45) is 0 Å². The van der Waals surface area contributed by atoms with E-state index in [0.29, 0.717) is 28.1 Å². The van der Waals surface area contributed by atoms with E-state index in [-0.39, 0.29) is 28.5 Å². The largest absolute Gasteiger partial charge is 0.494 e. The quantitative estimate of drug-likeness (QED) is 0.206. The number of fused-ring (bicyclic) bond motifs is 1. The second kappa shape index (κ2) is 10.5. The molecule has 196 valence electrons. The zero-order chi connectivity index (χ0) is 27.6. The molecule has 1 aromatic carbocycles. The summed E-state index contributed by atoms with van der Waals surface area (Å²) in [4.78, 5) is 33.6. The number of nitrogens with one attached hydrogen (secondary N) is 3. The van der Waals surface area contributed by atoms with Crippen molar-refractivity contribution in [1.29, 1.82) is 0 Å². The van der Waals surface area contributed by atoms with Crippen molar-refractivity contribution in [3.05, 3.63) is 71.9 Å². The lowest BCUT2D eigenvalue weighted by Crippen LogP contribution is -2.11. The Labute approximate surface area is 215 Å². The Bertz CT molecular complexity index is 1560. The van der Waals surface area contributed by atoms with Gasteiger partial charge in [0.1, 0.15) is 11.4 Å². The molecule has 0 fully saturated rings. The van der Waals surface area contributed by atoms with Crippen molar-refractivity contribution in [3.63, 3.8) is 0 Å². The molecule has 1 amide bonds. The Kier molecular flexibility index (Phi) is 7.24. The van der Waals surface area contributed by atoms with Crippen LogP contribution in [0.5, 0.6) is 11.5 Å². The van der Waals surface area contributed by atoms with Gasteiger partial charge in [-0.15, -0.1) is 0 Å². The number of anilines is 4. The van der Waals surface area contributed by atoms with Gasteiger partial charge in [-0.05, 0) is 24.6 Å². The number of pyridine rings is 2. The smallest absolute Gasteiger partial charge is 0.247 e. The minimum absolute atomic E-state index is 0.183. The van der Waals surface area contributed by atoms with Gasteiger partial charge in [-0.2, -0.15) is 0 Å². The van der Waals surface area contributed by atoms with Gasteiger partial charge in [-0.3, -0.25) is 14.6 Å². The third-order valence-corrected chi connectivity index (χ3v) is 5.66. The summed E-state index contributed by atoms with van der Waals surface area (Å²) < 4.78 is 45.6. The van der Waals surface area contributed by atoms with Crippen LogP contribution in [0.25, 0.3) is 11.0 Å². The molecule has 0 radical (unpaired) electrons. The Hall–Kier alpha value is -5.00. The fourth-order valence-electron chi connectivity index (χ4n) is 3.82. The Morgan fingerprint density at radius 2 is 1.74 bits per heavy atom. The molecule has 0 aliphatic carbocycles. The van der Waals surface area contributed by atoms with E-state index in [4.69, 9.17) is 13.9 Å². The van der Waals surface area contributed by atoms with Gasteiger partial charge in [-0.1, -0.05) is 6.58 Å². The number of ketones is 1. The number of furan rings is 1. The molecule has 4 aromatic rings. The molecule has 0 aliphatic rings. The number of methoxy groups -OCH3 is 2. The van der Waals surface area contributed by atoms with Gasteiger partial charge in [0.15, 0.2) is 34.5 Å². The predicted octanol–water partition coefficient (Wildman–Crippen LogP) is 4.97. The van der Waals surface area contributed by atoms with Crippen molar-refractivity contribution in [3.8, 4) is 11.5 Å². The average Bonchev–Trinajstić information content (AvgIpc) is 3.28. The first-order valence-electron chi connectivity index (χ1n) is 11.1. The van der Waals surface area contributed by atoms with Crippen LogP contribution in [0.3, 0.4) is 0 Å². The second-order valence-corrected chi connectivity index (χ2v) is 7.93. The highest BCUT2D eigenvalue weighted by molar-refractivity contribution is 6.15. The van der Waals surface area contributed by atoms with E-state index < -0.39 is 28.9 Å². The normalized spacial score (nSPS) is 10.7. The molecule has 0 unspecified atom stereocenters. The Morgan fingerprint density at radius 3 is 2.34 bits per heavy atom. The maximum Gasteiger partial charge on any atom is 0.247 e. The van der Waals surface area contributed by atoms with Gasteiger partial charge < -0.3 is 29.8 Å². The fourth-order valence-corrected chi connectivity index (χ4v) is 3.82. The van der Waals surface area contributed by atoms with E-state index in [9.17, 15) is 9.59 Å². The first-order chi connectivity index (χ1) is 18.2. The van der Waals surface area contributed by atoms with Gasteiger partial charge in [0.2, 0.25) is 11.7 Å². The van der Waals surface area contributed by atoms with Crippen molar-refractivity contribution in [2.75, 3.05) is 37.2 Å². The highest BCUT2D eigenvalue weighted by Gasteiger charge is 2.31. The number of carbonyl (C=O) groups excluding carboxylic acids is 2. The molecule has 0 bridgehead atoms. The predicted molar refractivity (Wildman–Crippen MR) is 138 cm³/mol. The number of halogens is 2. The van der Waals surface area contributed by atoms with E-state index in [1.165, 1.54) is 33.7 Å². The maximum absolute atomic E-state index is 15.0. The number of nitrogens with zero attached hydrogens (tertiary/aromatic N) is 2. The number of ether oxygens (including phenoxy) is 2. The fraction of sp³-hybridized carbons (Fsp3) is 0.154. The maximum atomic E-state index is 15.0. The highest BCUT2D eigenvalue weighted by atomic mass is 19.1. The van der Waals surface area contributed by atoms with Gasteiger partial charge in [0.05, 0.1) is 43.7 Å². The molecule has 10 nitrogen and oxygen atoms in total. The summed E-state index contributed by atoms with van der Waals surface area (Å²) in [6.07, 6.45) is 5.55. The van der Waals surface area contributed by atoms with Gasteiger partial charge in [0, 0.05) is 24.7 Å². The lowest BCUT2D eigenvalue weighted by atomic mass is 10.0. The molecule has 3 N–H and O–H groups in total. The molecule has 3 aromatic heterocycles. The molecule has 3 heterocycles. The zero-order valence-electron chi connectivity index (χ0n) is 20.9. The summed E-state index contributed by atoms with van der Waals surface area (Å²) in [5, 5.41) is 9.06. The standard InChI is InChI=1S/C26H23F2N5O5/c1-6-19(34)32-14-10-30-9-12(2)23(14)33-18-7-13-17(11-31-18)38-26(24(13)29-3)25(35)20-21(27)15(36-4)8-16(37-5)22(20)28/h6-11,29H,1H2,2-5H3,(H,32,34)(H,30,31,33). The Balaban J connectivity index is 1.80. The van der Waals surface area contributed by atoms with E-state index in [1.54, 1.807) is 19.2 Å². The first kappa shape index (κ1) is 26.1. The van der Waals surface area contributed by atoms with E-state index in [2.05, 4.69) is 32.5 Å². The third kappa shape index (κ3) is 4.59. The second-order valence-electron chi connectivity index (χ2n) is 7.93. The summed E-state index contributed by atoms with van der Waals surface area (Å²) in [6, 6.07) is 2.59. The van der Waals surface area contributed by atoms with Crippen LogP contribution in [-0.2, 0) is 4.79 Å². The molecule has 0 spiro atoms. The van der Waals surface area contributed by atoms with Crippen molar-refractivity contribution in [1.82, 2.24) is 9.97 Å². The van der Waals surface area contributed by atoms with E-state index in [0.717, 1.165) is 12.1 Å². The minimum atomic E-state index is -1.19. The molecule has 4 rings (SSSR count). The van der Waals surface area contributed by atoms with Crippen LogP contribution in [0, 0.1) is 18.6 Å². The summed E-state index contributed by atoms with van der Waals surface area (Å²) >= 11 is 0. The lowest BCUT2D eigenvalue weighted by Gasteiger charge is -2.14. The van der Waals surface area contributed by atoms with Crippen molar-refractivity contribution in [2.45, 2.75) is 6.92 Å². The summed E-state index contributed by atoms with van der Waals surface area (Å²) in [5.74, 6) is -4.61. The monoisotopic (exact) mass is 523 g/mol. The zero-order valence-corrected chi connectivity index (χ0v) is 20.9. The van der Waals surface area contributed by atoms with Crippen molar-refractivity contribution >= 4 is 45.5 Å². The van der Waals surface area contributed by atoms with Crippen LogP contribution in [0.2, 0.25) is 0 Å². The number of rotatable bonds is 9. The number of hydrogen-bond donors (Lipinski definition) is 3. The SMILES string of the molecule is C=CC(=O)Nc1cncc(C)c1Nc1cc2c(NC)c(C(=O)c3c(F)c(OC)cc(OC)c3F)oc2cn1. The van der Waals surface area contributed by atoms with Crippen LogP contribution >= 0.6 is 0 Å². The molecule has 38 heavy (non-hydrogen) atoms. The van der Waals surface area contributed by atoms with Crippen LogP contribution in [0.15, 0.2) is 47.8 Å². The summed E-state index contributed by atoms with van der Waals surface area (Å²) in [7, 11) is 3.90. The number of amides is 1. The van der Waals surface area contributed by atoms with Crippen molar-refractivity contribution < 1.29 is 32.3 Å². The minimum Gasteiger partial charge on any atom is -0.494 e.